The van der Waals surface area contributed by atoms with Crippen molar-refractivity contribution in [1.29, 1.82) is 0 Å². The highest BCUT2D eigenvalue weighted by molar-refractivity contribution is 6.33. The molecule has 1 saturated carbocycles. The van der Waals surface area contributed by atoms with Gasteiger partial charge in [-0.1, -0.05) is 55.3 Å². The average molecular weight is 352 g/mol. The topological polar surface area (TPSA) is 29.1 Å². The lowest BCUT2D eigenvalue weighted by Gasteiger charge is -2.07. The Kier molecular flexibility index (Phi) is 4.51. The summed E-state index contributed by atoms with van der Waals surface area (Å²) in [5, 5.41) is 1.82. The van der Waals surface area contributed by atoms with Crippen LogP contribution in [0.25, 0.3) is 0 Å². The number of amides is 1. The predicted molar refractivity (Wildman–Crippen MR) is 80.8 cm³/mol. The molecule has 0 heterocycles. The van der Waals surface area contributed by atoms with E-state index in [1.165, 1.54) is 0 Å². The number of benzene rings is 1. The Morgan fingerprint density at radius 3 is 2.45 bits per heavy atom. The first kappa shape index (κ1) is 17.2. The van der Waals surface area contributed by atoms with E-state index in [0.717, 1.165) is 6.08 Å². The molecule has 0 saturated heterocycles. The lowest BCUT2D eigenvalue weighted by Crippen LogP contribution is -2.17. The summed E-state index contributed by atoms with van der Waals surface area (Å²) in [6.45, 7) is 3.46. The van der Waals surface area contributed by atoms with E-state index in [2.05, 4.69) is 5.32 Å². The Bertz CT molecular complexity index is 625. The number of nitrogens with one attached hydrogen (secondary N) is 1. The van der Waals surface area contributed by atoms with Crippen molar-refractivity contribution in [1.82, 2.24) is 0 Å². The summed E-state index contributed by atoms with van der Waals surface area (Å²) in [5.74, 6) is -1.52. The molecule has 2 nitrogen and oxygen atoms in total. The molecule has 7 heteroatoms. The van der Waals surface area contributed by atoms with Crippen LogP contribution >= 0.6 is 23.2 Å². The van der Waals surface area contributed by atoms with Crippen molar-refractivity contribution in [3.05, 3.63) is 40.4 Å². The third-order valence-electron chi connectivity index (χ3n) is 3.92. The molecule has 1 aliphatic carbocycles. The number of alkyl halides is 3. The van der Waals surface area contributed by atoms with Gasteiger partial charge in [0.05, 0.1) is 16.6 Å². The number of anilines is 1. The van der Waals surface area contributed by atoms with Crippen LogP contribution < -0.4 is 5.32 Å². The van der Waals surface area contributed by atoms with Crippen LogP contribution in [0.2, 0.25) is 5.02 Å². The first-order chi connectivity index (χ1) is 10.0. The number of carbonyl (C=O) groups is 1. The summed E-state index contributed by atoms with van der Waals surface area (Å²) in [7, 11) is 0. The summed E-state index contributed by atoms with van der Waals surface area (Å²) in [6, 6.07) is 6.67. The van der Waals surface area contributed by atoms with Crippen molar-refractivity contribution in [3.8, 4) is 0 Å². The van der Waals surface area contributed by atoms with Gasteiger partial charge in [0.2, 0.25) is 5.91 Å². The smallest absolute Gasteiger partial charge is 0.324 e. The summed E-state index contributed by atoms with van der Waals surface area (Å²) in [6.07, 6.45) is -3.68. The molecule has 2 rings (SSSR count). The van der Waals surface area contributed by atoms with Gasteiger partial charge in [-0.3, -0.25) is 4.79 Å². The van der Waals surface area contributed by atoms with Crippen LogP contribution in [-0.4, -0.2) is 12.1 Å². The van der Waals surface area contributed by atoms with Gasteiger partial charge < -0.3 is 5.32 Å². The zero-order valence-corrected chi connectivity index (χ0v) is 13.4. The molecule has 1 aromatic rings. The number of hydrogen-bond acceptors (Lipinski definition) is 1. The van der Waals surface area contributed by atoms with Gasteiger partial charge in [-0.15, -0.1) is 0 Å². The van der Waals surface area contributed by atoms with E-state index < -0.39 is 28.5 Å². The number of halogens is 5. The molecule has 0 bridgehead atoms. The zero-order chi connectivity index (χ0) is 16.7. The van der Waals surface area contributed by atoms with E-state index in [1.807, 2.05) is 0 Å². The second-order valence-corrected chi connectivity index (χ2v) is 6.62. The number of rotatable bonds is 3. The van der Waals surface area contributed by atoms with Gasteiger partial charge in [0.1, 0.15) is 5.03 Å². The van der Waals surface area contributed by atoms with E-state index in [9.17, 15) is 18.0 Å². The van der Waals surface area contributed by atoms with Gasteiger partial charge in [-0.2, -0.15) is 13.2 Å². The lowest BCUT2D eigenvalue weighted by atomic mass is 10.1. The van der Waals surface area contributed by atoms with E-state index in [4.69, 9.17) is 23.2 Å². The third kappa shape index (κ3) is 3.41. The Morgan fingerprint density at radius 1 is 1.32 bits per heavy atom. The molecule has 22 heavy (non-hydrogen) atoms. The van der Waals surface area contributed by atoms with Gasteiger partial charge in [-0.25, -0.2) is 0 Å². The Balaban J connectivity index is 2.13. The minimum Gasteiger partial charge on any atom is -0.324 e. The normalized spacial score (nSPS) is 24.0. The van der Waals surface area contributed by atoms with E-state index >= 15 is 0 Å². The second kappa shape index (κ2) is 5.78. The van der Waals surface area contributed by atoms with Gasteiger partial charge in [0.25, 0.3) is 0 Å². The molecule has 1 aromatic carbocycles. The number of para-hydroxylation sites is 1. The van der Waals surface area contributed by atoms with Crippen molar-refractivity contribution in [2.75, 3.05) is 5.32 Å². The second-order valence-electron chi connectivity index (χ2n) is 5.81. The monoisotopic (exact) mass is 351 g/mol. The van der Waals surface area contributed by atoms with Crippen molar-refractivity contribution in [3.63, 3.8) is 0 Å². The molecule has 0 spiro atoms. The molecule has 0 aromatic heterocycles. The SMILES string of the molecule is CC1(C)[C@H](/C=C(\Cl)C(F)(F)F)[C@@H]1C(=O)Nc1ccccc1Cl. The van der Waals surface area contributed by atoms with Gasteiger partial charge in [0.15, 0.2) is 0 Å². The zero-order valence-electron chi connectivity index (χ0n) is 11.8. The maximum absolute atomic E-state index is 12.5. The largest absolute Gasteiger partial charge is 0.426 e. The number of carbonyl (C=O) groups excluding carboxylic acids is 1. The van der Waals surface area contributed by atoms with Gasteiger partial charge >= 0.3 is 6.18 Å². The number of allylic oxidation sites excluding steroid dienone is 2. The molecule has 0 unspecified atom stereocenters. The Morgan fingerprint density at radius 2 is 1.91 bits per heavy atom. The van der Waals surface area contributed by atoms with Crippen molar-refractivity contribution >= 4 is 34.8 Å². The van der Waals surface area contributed by atoms with Crippen LogP contribution in [0.5, 0.6) is 0 Å². The van der Waals surface area contributed by atoms with Crippen LogP contribution in [0.4, 0.5) is 18.9 Å². The van der Waals surface area contributed by atoms with Crippen LogP contribution in [0.15, 0.2) is 35.4 Å². The standard InChI is InChI=1S/C15H14Cl2F3NO/c1-14(2)8(7-11(17)15(18,19)20)12(14)13(22)21-10-6-4-3-5-9(10)16/h3-8,12H,1-2H3,(H,21,22)/b11-7-/t8-,12-/m1/s1. The average Bonchev–Trinajstić information content (AvgIpc) is 2.92. The first-order valence-electron chi connectivity index (χ1n) is 6.55. The predicted octanol–water partition coefficient (Wildman–Crippen LogP) is 5.24. The van der Waals surface area contributed by atoms with Crippen LogP contribution in [0, 0.1) is 17.3 Å². The van der Waals surface area contributed by atoms with Crippen LogP contribution in [-0.2, 0) is 4.79 Å². The summed E-state index contributed by atoms with van der Waals surface area (Å²) in [5.41, 5.74) is -0.155. The molecule has 1 aliphatic rings. The van der Waals surface area contributed by atoms with E-state index in [-0.39, 0.29) is 5.91 Å². The fraction of sp³-hybridized carbons (Fsp3) is 0.400. The molecular weight excluding hydrogens is 338 g/mol. The fourth-order valence-electron chi connectivity index (χ4n) is 2.51. The minimum absolute atomic E-state index is 0.369. The summed E-state index contributed by atoms with van der Waals surface area (Å²) >= 11 is 11.2. The molecule has 1 N–H and O–H groups in total. The highest BCUT2D eigenvalue weighted by Gasteiger charge is 2.61. The quantitative estimate of drug-likeness (QED) is 0.792. The summed E-state index contributed by atoms with van der Waals surface area (Å²) in [4.78, 5) is 12.3. The van der Waals surface area contributed by atoms with Crippen LogP contribution in [0.3, 0.4) is 0 Å². The highest BCUT2D eigenvalue weighted by Crippen LogP contribution is 2.60. The Hall–Kier alpha value is -1.20. The van der Waals surface area contributed by atoms with Crippen molar-refractivity contribution in [2.24, 2.45) is 17.3 Å². The highest BCUT2D eigenvalue weighted by atomic mass is 35.5. The van der Waals surface area contributed by atoms with Gasteiger partial charge in [0, 0.05) is 0 Å². The first-order valence-corrected chi connectivity index (χ1v) is 7.30. The fourth-order valence-corrected chi connectivity index (χ4v) is 2.83. The molecule has 120 valence electrons. The molecule has 2 atom stereocenters. The van der Waals surface area contributed by atoms with Gasteiger partial charge in [-0.05, 0) is 23.5 Å². The molecule has 1 amide bonds. The van der Waals surface area contributed by atoms with E-state index in [0.29, 0.717) is 10.7 Å². The molecule has 0 aliphatic heterocycles. The maximum Gasteiger partial charge on any atom is 0.426 e. The maximum atomic E-state index is 12.5. The molecule has 1 fully saturated rings. The molecule has 0 radical (unpaired) electrons. The Labute approximate surface area is 136 Å². The third-order valence-corrected chi connectivity index (χ3v) is 4.59. The van der Waals surface area contributed by atoms with Crippen molar-refractivity contribution in [2.45, 2.75) is 20.0 Å². The van der Waals surface area contributed by atoms with E-state index in [1.54, 1.807) is 38.1 Å². The van der Waals surface area contributed by atoms with Crippen LogP contribution in [0.1, 0.15) is 13.8 Å². The molecular formula is C15H14Cl2F3NO. The number of hydrogen-bond donors (Lipinski definition) is 1. The minimum atomic E-state index is -4.59. The van der Waals surface area contributed by atoms with Crippen molar-refractivity contribution < 1.29 is 18.0 Å². The summed E-state index contributed by atoms with van der Waals surface area (Å²) < 4.78 is 37.5. The lowest BCUT2D eigenvalue weighted by molar-refractivity contribution is -0.118.